The third kappa shape index (κ3) is 16.2. The monoisotopic (exact) mass is 1340 g/mol. The molecule has 3 atom stereocenters. The number of thioether (sulfide) groups is 1. The summed E-state index contributed by atoms with van der Waals surface area (Å²) in [5, 5.41) is 5.73. The van der Waals surface area contributed by atoms with Crippen molar-refractivity contribution in [2.45, 2.75) is 122 Å². The molecule has 2 aliphatic heterocycles. The first-order valence-corrected chi connectivity index (χ1v) is 39.6. The maximum Gasteiger partial charge on any atom is 0.501 e. The van der Waals surface area contributed by atoms with E-state index in [1.54, 1.807) is 12.1 Å². The van der Waals surface area contributed by atoms with E-state index in [4.69, 9.17) is 25.2 Å². The Hall–Kier alpha value is -5.79. The molecule has 2 N–H and O–H groups in total. The van der Waals surface area contributed by atoms with Crippen LogP contribution in [0.3, 0.4) is 0 Å². The molecule has 2 heterocycles. The second-order valence-electron chi connectivity index (χ2n) is 25.8. The molecule has 0 aromatic heterocycles. The number of sulfone groups is 1. The number of carbonyl (C=O) groups excluding carboxylic acids is 1. The minimum absolute atomic E-state index is 0.0302. The van der Waals surface area contributed by atoms with Crippen molar-refractivity contribution in [3.63, 3.8) is 0 Å². The second-order valence-corrected chi connectivity index (χ2v) is 40.0. The van der Waals surface area contributed by atoms with Crippen LogP contribution in [-0.2, 0) is 33.4 Å². The molecule has 9 rings (SSSR count). The van der Waals surface area contributed by atoms with Crippen LogP contribution in [0.1, 0.15) is 82.8 Å². The molecule has 0 radical (unpaired) electrons. The predicted molar refractivity (Wildman–Crippen MR) is 363 cm³/mol. The van der Waals surface area contributed by atoms with Crippen LogP contribution in [-0.4, -0.2) is 114 Å². The van der Waals surface area contributed by atoms with E-state index in [1.165, 1.54) is 23.9 Å². The number of hydrogen-bond donors (Lipinski definition) is 2. The van der Waals surface area contributed by atoms with Crippen molar-refractivity contribution in [2.24, 2.45) is 5.92 Å². The number of amides is 1. The van der Waals surface area contributed by atoms with E-state index in [-0.39, 0.29) is 33.8 Å². The van der Waals surface area contributed by atoms with Gasteiger partial charge in [-0.3, -0.25) is 9.69 Å². The van der Waals surface area contributed by atoms with Crippen LogP contribution in [0.15, 0.2) is 197 Å². The lowest BCUT2D eigenvalue weighted by molar-refractivity contribution is -0.0498. The number of carbonyl (C=O) groups is 1. The molecule has 21 heteroatoms. The van der Waals surface area contributed by atoms with Gasteiger partial charge in [-0.05, 0) is 142 Å². The quantitative estimate of drug-likeness (QED) is 0.0465. The number of rotatable bonds is 23. The van der Waals surface area contributed by atoms with Crippen molar-refractivity contribution < 1.29 is 48.4 Å². The molecule has 2 fully saturated rings. The van der Waals surface area contributed by atoms with Gasteiger partial charge in [0.1, 0.15) is 4.90 Å². The average Bonchev–Trinajstić information content (AvgIpc) is 0.853. The van der Waals surface area contributed by atoms with E-state index < -0.39 is 69.4 Å². The highest BCUT2D eigenvalue weighted by Gasteiger charge is 2.51. The summed E-state index contributed by atoms with van der Waals surface area (Å²) in [6.45, 7) is 21.5. The van der Waals surface area contributed by atoms with E-state index in [9.17, 15) is 34.8 Å². The third-order valence-corrected chi connectivity index (χ3v) is 31.4. The number of sulfonamides is 1. The van der Waals surface area contributed by atoms with Crippen molar-refractivity contribution in [3.05, 3.63) is 198 Å². The number of anilines is 2. The molecule has 2 saturated heterocycles. The van der Waals surface area contributed by atoms with Crippen LogP contribution in [0.5, 0.6) is 0 Å². The first-order chi connectivity index (χ1) is 42.6. The molecular weight excluding hydrogens is 1260 g/mol. The van der Waals surface area contributed by atoms with Crippen molar-refractivity contribution in [3.8, 4) is 11.1 Å². The first-order valence-electron chi connectivity index (χ1n) is 30.5. The van der Waals surface area contributed by atoms with E-state index in [1.807, 2.05) is 102 Å². The van der Waals surface area contributed by atoms with E-state index >= 15 is 0 Å². The van der Waals surface area contributed by atoms with Gasteiger partial charge in [-0.1, -0.05) is 168 Å². The molecule has 1 amide bonds. The Morgan fingerprint density at radius 1 is 0.733 bits per heavy atom. The maximum absolute atomic E-state index is 14.7. The lowest BCUT2D eigenvalue weighted by Crippen LogP contribution is -2.67. The molecule has 1 unspecified atom stereocenters. The van der Waals surface area contributed by atoms with Gasteiger partial charge in [0.2, 0.25) is 0 Å². The fourth-order valence-electron chi connectivity index (χ4n) is 11.7. The van der Waals surface area contributed by atoms with Crippen molar-refractivity contribution >= 4 is 87.5 Å². The zero-order chi connectivity index (χ0) is 64.7. The van der Waals surface area contributed by atoms with Crippen molar-refractivity contribution in [1.82, 2.24) is 9.62 Å². The van der Waals surface area contributed by atoms with Crippen molar-refractivity contribution in [1.29, 1.82) is 0 Å². The summed E-state index contributed by atoms with van der Waals surface area (Å²) >= 11 is 7.74. The van der Waals surface area contributed by atoms with Gasteiger partial charge in [0.15, 0.2) is 8.32 Å². The Kier molecular flexibility index (Phi) is 21.8. The third-order valence-electron chi connectivity index (χ3n) is 17.7. The average molecular weight is 1340 g/mol. The molecule has 0 saturated carbocycles. The zero-order valence-electron chi connectivity index (χ0n) is 52.3. The summed E-state index contributed by atoms with van der Waals surface area (Å²) in [7, 11) is -16.3. The predicted octanol–water partition coefficient (Wildman–Crippen LogP) is 14.6. The van der Waals surface area contributed by atoms with Crippen LogP contribution in [0.2, 0.25) is 28.2 Å². The number of hydrogen-bond acceptors (Lipinski definition) is 12. The highest BCUT2D eigenvalue weighted by Crippen LogP contribution is 2.47. The normalized spacial score (nSPS) is 16.8. The van der Waals surface area contributed by atoms with Crippen LogP contribution in [0.25, 0.3) is 11.1 Å². The summed E-state index contributed by atoms with van der Waals surface area (Å²) < 4.78 is 122. The number of nitrogens with zero attached hydrogens (tertiary/aromatic N) is 2. The van der Waals surface area contributed by atoms with Gasteiger partial charge in [-0.2, -0.15) is 13.2 Å². The molecule has 0 bridgehead atoms. The molecular formula is C69H82ClF3N4O8S3Si2. The van der Waals surface area contributed by atoms with Gasteiger partial charge in [0.25, 0.3) is 34.1 Å². The van der Waals surface area contributed by atoms with Gasteiger partial charge in [0.05, 0.1) is 36.0 Å². The Morgan fingerprint density at radius 3 is 1.91 bits per heavy atom. The molecule has 0 spiro atoms. The second kappa shape index (κ2) is 28.6. The maximum atomic E-state index is 14.7. The van der Waals surface area contributed by atoms with Crippen molar-refractivity contribution in [2.75, 3.05) is 61.9 Å². The smallest absolute Gasteiger partial charge is 0.410 e. The Bertz CT molecular complexity index is 3730. The summed E-state index contributed by atoms with van der Waals surface area (Å²) in [6, 6.07) is 54.6. The van der Waals surface area contributed by atoms with Gasteiger partial charge >= 0.3 is 5.51 Å². The largest absolute Gasteiger partial charge is 0.501 e. The highest BCUT2D eigenvalue weighted by molar-refractivity contribution is 7.99. The number of piperidine rings is 1. The summed E-state index contributed by atoms with van der Waals surface area (Å²) in [4.78, 5) is 16.9. The number of halogens is 4. The van der Waals surface area contributed by atoms with Gasteiger partial charge in [-0.25, -0.2) is 21.6 Å². The number of morpholine rings is 1. The summed E-state index contributed by atoms with van der Waals surface area (Å²) in [5.74, 6) is -0.563. The number of nitrogens with one attached hydrogen (secondary N) is 2. The Labute approximate surface area is 541 Å². The van der Waals surface area contributed by atoms with Crippen LogP contribution in [0, 0.1) is 5.92 Å². The fraction of sp³-hybridized carbons (Fsp3) is 0.377. The first kappa shape index (κ1) is 68.6. The Morgan fingerprint density at radius 2 is 1.32 bits per heavy atom. The molecule has 7 aromatic rings. The molecule has 480 valence electrons. The molecule has 7 aromatic carbocycles. The minimum atomic E-state index is -6.16. The lowest BCUT2D eigenvalue weighted by atomic mass is 9.84. The number of benzene rings is 7. The SMILES string of the molecule is CC(C)(C)[Si](C)(C)OC(c1ccccc1-c1ccc(Cl)cc1)C1CCN(c2ccc(C(=O)NS(=O)(=O)c3ccc(N[C@H](CCN4CCO[C@@H](CO[Si](c5ccccc5)(c5ccccc5)C(C)(C)C)C4)CSc4ccccc4)c(S(=O)(=O)C(F)(F)F)c3)cc2)CC1. The van der Waals surface area contributed by atoms with Crippen LogP contribution >= 0.6 is 23.4 Å². The van der Waals surface area contributed by atoms with Gasteiger partial charge in [0, 0.05) is 65.7 Å². The van der Waals surface area contributed by atoms with E-state index in [2.05, 4.69) is 112 Å². The van der Waals surface area contributed by atoms with Crippen LogP contribution < -0.4 is 25.3 Å². The van der Waals surface area contributed by atoms with E-state index in [0.717, 1.165) is 62.6 Å². The summed E-state index contributed by atoms with van der Waals surface area (Å²) in [5.41, 5.74) is -2.18. The molecule has 90 heavy (non-hydrogen) atoms. The highest BCUT2D eigenvalue weighted by atomic mass is 35.5. The number of ether oxygens (including phenoxy) is 1. The lowest BCUT2D eigenvalue weighted by Gasteiger charge is -2.44. The molecule has 0 aliphatic carbocycles. The molecule has 2 aliphatic rings. The zero-order valence-corrected chi connectivity index (χ0v) is 57.5. The molecule has 12 nitrogen and oxygen atoms in total. The fourth-order valence-corrected chi connectivity index (χ4v) is 20.8. The van der Waals surface area contributed by atoms with E-state index in [0.29, 0.717) is 69.2 Å². The summed E-state index contributed by atoms with van der Waals surface area (Å²) in [6.07, 6.45) is 1.48. The van der Waals surface area contributed by atoms with Gasteiger partial charge < -0.3 is 23.8 Å². The minimum Gasteiger partial charge on any atom is -0.410 e. The standard InChI is InChI=1S/C69H82ClF3N4O8S3Si2/c1-67(2,3)89(7,8)85-65(62-27-19-18-26-61(62)50-28-32-53(70)33-29-50)51-38-42-77(43-39-51)55-34-30-52(31-35-55)66(78)75-88(81,82)58-36-37-63(64(46-58)87(79,80)69(71,72)73)74-54(49-86-57-20-12-9-13-21-57)40-41-76-44-45-83-56(47-76)48-84-90(68(4,5)6,59-22-14-10-15-23-59)60-24-16-11-17-25-60/h9-37,46,51,54,56,65,74H,38-45,47-49H2,1-8H3,(H,75,78)/t54-,56-,65?/m1/s1. The van der Waals surface area contributed by atoms with Crippen LogP contribution in [0.4, 0.5) is 24.5 Å². The topological polar surface area (TPSA) is 144 Å². The van der Waals surface area contributed by atoms with Gasteiger partial charge in [-0.15, -0.1) is 11.8 Å². The Balaban J connectivity index is 0.887. The number of alkyl halides is 3.